The Hall–Kier alpha value is -2.53. The summed E-state index contributed by atoms with van der Waals surface area (Å²) < 4.78 is 0. The Balaban J connectivity index is 1.44. The van der Waals surface area contributed by atoms with Crippen molar-refractivity contribution in [2.45, 2.75) is 26.7 Å². The van der Waals surface area contributed by atoms with Crippen LogP contribution in [0.25, 0.3) is 0 Å². The fraction of sp³-hybridized carbons (Fsp3) is 0.391. The van der Waals surface area contributed by atoms with Crippen LogP contribution in [0.15, 0.2) is 36.4 Å². The topological polar surface area (TPSA) is 43.9 Å². The molecule has 2 aliphatic rings. The van der Waals surface area contributed by atoms with Crippen molar-refractivity contribution in [3.63, 3.8) is 0 Å². The van der Waals surface area contributed by atoms with Gasteiger partial charge >= 0.3 is 0 Å². The molecule has 2 heterocycles. The summed E-state index contributed by atoms with van der Waals surface area (Å²) in [5, 5.41) is 0.734. The maximum atomic E-state index is 13.0. The molecule has 2 amide bonds. The summed E-state index contributed by atoms with van der Waals surface area (Å²) in [6.07, 6.45) is 1.31. The van der Waals surface area contributed by atoms with Crippen LogP contribution in [0.4, 0.5) is 11.4 Å². The molecule has 2 aromatic rings. The average Bonchev–Trinajstić information content (AvgIpc) is 3.18. The molecule has 2 aliphatic heterocycles. The Bertz CT molecular complexity index is 951. The monoisotopic (exact) mass is 411 g/mol. The Morgan fingerprint density at radius 1 is 0.966 bits per heavy atom. The predicted octanol–water partition coefficient (Wildman–Crippen LogP) is 3.91. The second-order valence-corrected chi connectivity index (χ2v) is 8.14. The van der Waals surface area contributed by atoms with Gasteiger partial charge in [0.1, 0.15) is 0 Å². The fourth-order valence-electron chi connectivity index (χ4n) is 4.24. The predicted molar refractivity (Wildman–Crippen MR) is 117 cm³/mol. The molecule has 0 atom stereocenters. The molecule has 0 radical (unpaired) electrons. The number of fused-ring (bicyclic) bond motifs is 1. The Kier molecular flexibility index (Phi) is 5.50. The van der Waals surface area contributed by atoms with Crippen LogP contribution >= 0.6 is 11.6 Å². The highest BCUT2D eigenvalue weighted by atomic mass is 35.5. The lowest BCUT2D eigenvalue weighted by atomic mass is 10.1. The number of carbonyl (C=O) groups is 2. The minimum Gasteiger partial charge on any atom is -0.368 e. The molecule has 29 heavy (non-hydrogen) atoms. The van der Waals surface area contributed by atoms with E-state index >= 15 is 0 Å². The third-order valence-electron chi connectivity index (χ3n) is 5.90. The zero-order valence-electron chi connectivity index (χ0n) is 16.9. The average molecular weight is 412 g/mol. The van der Waals surface area contributed by atoms with Crippen LogP contribution in [0.1, 0.15) is 34.8 Å². The van der Waals surface area contributed by atoms with Crippen molar-refractivity contribution in [2.75, 3.05) is 42.5 Å². The van der Waals surface area contributed by atoms with E-state index in [1.807, 2.05) is 53.1 Å². The quantitative estimate of drug-likeness (QED) is 0.769. The molecule has 2 aromatic carbocycles. The Morgan fingerprint density at radius 2 is 1.72 bits per heavy atom. The molecule has 0 unspecified atom stereocenters. The van der Waals surface area contributed by atoms with Gasteiger partial charge in [-0.2, -0.15) is 0 Å². The van der Waals surface area contributed by atoms with Gasteiger partial charge < -0.3 is 14.7 Å². The van der Waals surface area contributed by atoms with E-state index < -0.39 is 0 Å². The lowest BCUT2D eigenvalue weighted by Gasteiger charge is -2.37. The highest BCUT2D eigenvalue weighted by Gasteiger charge is 2.27. The van der Waals surface area contributed by atoms with Crippen LogP contribution in [0, 0.1) is 6.92 Å². The first-order chi connectivity index (χ1) is 14.0. The van der Waals surface area contributed by atoms with Crippen molar-refractivity contribution in [1.29, 1.82) is 0 Å². The molecule has 6 heteroatoms. The van der Waals surface area contributed by atoms with E-state index in [9.17, 15) is 9.59 Å². The maximum Gasteiger partial charge on any atom is 0.253 e. The van der Waals surface area contributed by atoms with E-state index in [4.69, 9.17) is 11.6 Å². The number of piperazine rings is 1. The van der Waals surface area contributed by atoms with Gasteiger partial charge in [0.05, 0.1) is 0 Å². The molecule has 0 bridgehead atoms. The Labute approximate surface area is 176 Å². The van der Waals surface area contributed by atoms with Crippen LogP contribution in [0.3, 0.4) is 0 Å². The molecule has 1 saturated heterocycles. The number of aryl methyl sites for hydroxylation is 1. The summed E-state index contributed by atoms with van der Waals surface area (Å²) in [4.78, 5) is 31.2. The number of benzene rings is 2. The molecular weight excluding hydrogens is 386 g/mol. The van der Waals surface area contributed by atoms with Gasteiger partial charge in [-0.05, 0) is 54.8 Å². The molecule has 152 valence electrons. The van der Waals surface area contributed by atoms with Gasteiger partial charge in [-0.3, -0.25) is 9.59 Å². The summed E-state index contributed by atoms with van der Waals surface area (Å²) in [7, 11) is 0. The van der Waals surface area contributed by atoms with E-state index in [2.05, 4.69) is 11.8 Å². The number of rotatable bonds is 3. The highest BCUT2D eigenvalue weighted by Crippen LogP contribution is 2.30. The standard InChI is InChI=1S/C23H26ClN3O2/c1-3-22(28)27-9-8-17-14-18(5-7-20(17)27)23(29)26-12-10-25(11-13-26)21-15-19(24)6-4-16(21)2/h4-7,14-15H,3,8-13H2,1-2H3. The van der Waals surface area contributed by atoms with Gasteiger partial charge in [0, 0.05) is 61.1 Å². The summed E-state index contributed by atoms with van der Waals surface area (Å²) >= 11 is 6.16. The van der Waals surface area contributed by atoms with E-state index in [-0.39, 0.29) is 11.8 Å². The zero-order valence-corrected chi connectivity index (χ0v) is 17.7. The van der Waals surface area contributed by atoms with Crippen molar-refractivity contribution in [2.24, 2.45) is 0 Å². The largest absolute Gasteiger partial charge is 0.368 e. The third-order valence-corrected chi connectivity index (χ3v) is 6.14. The van der Waals surface area contributed by atoms with Crippen LogP contribution in [-0.2, 0) is 11.2 Å². The molecule has 0 aliphatic carbocycles. The number of amides is 2. The molecule has 4 rings (SSSR count). The van der Waals surface area contributed by atoms with E-state index in [1.165, 1.54) is 5.56 Å². The van der Waals surface area contributed by atoms with Crippen molar-refractivity contribution >= 4 is 34.8 Å². The minimum absolute atomic E-state index is 0.0653. The van der Waals surface area contributed by atoms with Crippen molar-refractivity contribution < 1.29 is 9.59 Å². The first kappa shape index (κ1) is 19.8. The second kappa shape index (κ2) is 8.07. The van der Waals surface area contributed by atoms with Gasteiger partial charge in [-0.25, -0.2) is 0 Å². The van der Waals surface area contributed by atoms with Gasteiger partial charge in [0.25, 0.3) is 5.91 Å². The molecular formula is C23H26ClN3O2. The van der Waals surface area contributed by atoms with Crippen LogP contribution in [0.5, 0.6) is 0 Å². The van der Waals surface area contributed by atoms with Crippen molar-refractivity contribution in [3.8, 4) is 0 Å². The normalized spacial score (nSPS) is 16.2. The number of hydrogen-bond acceptors (Lipinski definition) is 3. The van der Waals surface area contributed by atoms with Crippen LogP contribution < -0.4 is 9.80 Å². The van der Waals surface area contributed by atoms with Crippen molar-refractivity contribution in [1.82, 2.24) is 4.90 Å². The number of halogens is 1. The molecule has 0 N–H and O–H groups in total. The molecule has 5 nitrogen and oxygen atoms in total. The summed E-state index contributed by atoms with van der Waals surface area (Å²) in [6, 6.07) is 11.7. The molecule has 0 saturated carbocycles. The Morgan fingerprint density at radius 3 is 2.45 bits per heavy atom. The number of nitrogens with zero attached hydrogens (tertiary/aromatic N) is 3. The summed E-state index contributed by atoms with van der Waals surface area (Å²) in [5.74, 6) is 0.200. The fourth-order valence-corrected chi connectivity index (χ4v) is 4.41. The van der Waals surface area contributed by atoms with Gasteiger partial charge in [-0.1, -0.05) is 24.6 Å². The van der Waals surface area contributed by atoms with Crippen molar-refractivity contribution in [3.05, 3.63) is 58.1 Å². The lowest BCUT2D eigenvalue weighted by Crippen LogP contribution is -2.49. The maximum absolute atomic E-state index is 13.0. The molecule has 1 fully saturated rings. The number of carbonyl (C=O) groups excluding carboxylic acids is 2. The first-order valence-corrected chi connectivity index (χ1v) is 10.6. The van der Waals surface area contributed by atoms with E-state index in [0.29, 0.717) is 31.6 Å². The number of hydrogen-bond donors (Lipinski definition) is 0. The first-order valence-electron chi connectivity index (χ1n) is 10.2. The minimum atomic E-state index is 0.0653. The highest BCUT2D eigenvalue weighted by molar-refractivity contribution is 6.30. The SMILES string of the molecule is CCC(=O)N1CCc2cc(C(=O)N3CCN(c4cc(Cl)ccc4C)CC3)ccc21. The van der Waals surface area contributed by atoms with Gasteiger partial charge in [0.2, 0.25) is 5.91 Å². The summed E-state index contributed by atoms with van der Waals surface area (Å²) in [5.41, 5.74) is 5.09. The molecule has 0 aromatic heterocycles. The lowest BCUT2D eigenvalue weighted by molar-refractivity contribution is -0.118. The summed E-state index contributed by atoms with van der Waals surface area (Å²) in [6.45, 7) is 7.61. The van der Waals surface area contributed by atoms with E-state index in [0.717, 1.165) is 41.5 Å². The van der Waals surface area contributed by atoms with Gasteiger partial charge in [-0.15, -0.1) is 0 Å². The van der Waals surface area contributed by atoms with Gasteiger partial charge in [0.15, 0.2) is 0 Å². The second-order valence-electron chi connectivity index (χ2n) is 7.70. The number of anilines is 2. The van der Waals surface area contributed by atoms with E-state index in [1.54, 1.807) is 0 Å². The molecule has 0 spiro atoms. The smallest absolute Gasteiger partial charge is 0.253 e. The zero-order chi connectivity index (χ0) is 20.5. The van der Waals surface area contributed by atoms with Crippen LogP contribution in [-0.4, -0.2) is 49.4 Å². The van der Waals surface area contributed by atoms with Crippen LogP contribution in [0.2, 0.25) is 5.02 Å². The third kappa shape index (κ3) is 3.84.